The van der Waals surface area contributed by atoms with E-state index in [0.29, 0.717) is 24.2 Å². The molecule has 2 aromatic rings. The average Bonchev–Trinajstić information content (AvgIpc) is 3.17. The molecule has 25 heavy (non-hydrogen) atoms. The number of carbonyl (C=O) groups is 2. The number of nitrogens with one attached hydrogen (secondary N) is 1. The predicted molar refractivity (Wildman–Crippen MR) is 95.6 cm³/mol. The van der Waals surface area contributed by atoms with Gasteiger partial charge in [-0.15, -0.1) is 0 Å². The molecule has 1 N–H and O–H groups in total. The van der Waals surface area contributed by atoms with Gasteiger partial charge in [0.05, 0.1) is 17.8 Å². The van der Waals surface area contributed by atoms with Gasteiger partial charge >= 0.3 is 5.97 Å². The van der Waals surface area contributed by atoms with Gasteiger partial charge in [0, 0.05) is 19.2 Å². The van der Waals surface area contributed by atoms with Crippen molar-refractivity contribution in [2.45, 2.75) is 6.42 Å². The standard InChI is InChI=1S/C19H19N3O3/c1-20-17-10-6-5-9-15(17)19(24)25-13-18(23)22-12-11-16(21-22)14-7-3-2-4-8-14/h2-10,20H,11-13H2,1H3. The lowest BCUT2D eigenvalue weighted by Gasteiger charge is -2.12. The number of rotatable bonds is 5. The highest BCUT2D eigenvalue weighted by molar-refractivity contribution is 6.03. The third-order valence-corrected chi connectivity index (χ3v) is 3.94. The summed E-state index contributed by atoms with van der Waals surface area (Å²) in [6.45, 7) is 0.163. The van der Waals surface area contributed by atoms with E-state index >= 15 is 0 Å². The van der Waals surface area contributed by atoms with Crippen molar-refractivity contribution in [2.24, 2.45) is 5.10 Å². The molecule has 3 rings (SSSR count). The van der Waals surface area contributed by atoms with Gasteiger partial charge in [0.15, 0.2) is 6.61 Å². The summed E-state index contributed by atoms with van der Waals surface area (Å²) in [5.74, 6) is -0.869. The maximum atomic E-state index is 12.2. The molecule has 0 saturated heterocycles. The molecule has 1 aliphatic heterocycles. The van der Waals surface area contributed by atoms with Gasteiger partial charge in [0.25, 0.3) is 5.91 Å². The fraction of sp³-hybridized carbons (Fsp3) is 0.211. The third kappa shape index (κ3) is 3.85. The van der Waals surface area contributed by atoms with Crippen molar-refractivity contribution in [1.82, 2.24) is 5.01 Å². The summed E-state index contributed by atoms with van der Waals surface area (Å²) in [4.78, 5) is 24.4. The van der Waals surface area contributed by atoms with Crippen LogP contribution < -0.4 is 5.32 Å². The number of nitrogens with zero attached hydrogens (tertiary/aromatic N) is 2. The van der Waals surface area contributed by atoms with Gasteiger partial charge in [-0.25, -0.2) is 9.80 Å². The first kappa shape index (κ1) is 16.7. The van der Waals surface area contributed by atoms with Gasteiger partial charge < -0.3 is 10.1 Å². The molecule has 0 atom stereocenters. The Kier molecular flexibility index (Phi) is 5.09. The van der Waals surface area contributed by atoms with E-state index in [2.05, 4.69) is 10.4 Å². The Bertz CT molecular complexity index is 803. The van der Waals surface area contributed by atoms with Crippen molar-refractivity contribution < 1.29 is 14.3 Å². The molecule has 0 radical (unpaired) electrons. The van der Waals surface area contributed by atoms with Crippen LogP contribution in [-0.2, 0) is 9.53 Å². The maximum absolute atomic E-state index is 12.2. The number of amides is 1. The SMILES string of the molecule is CNc1ccccc1C(=O)OCC(=O)N1CCC(c2ccccc2)=N1. The van der Waals surface area contributed by atoms with E-state index in [0.717, 1.165) is 11.3 Å². The number of anilines is 1. The van der Waals surface area contributed by atoms with Crippen LogP contribution >= 0.6 is 0 Å². The minimum absolute atomic E-state index is 0.331. The molecule has 0 unspecified atom stereocenters. The zero-order chi connectivity index (χ0) is 17.6. The second-order valence-electron chi connectivity index (χ2n) is 5.55. The summed E-state index contributed by atoms with van der Waals surface area (Å²) >= 11 is 0. The second-order valence-corrected chi connectivity index (χ2v) is 5.55. The molecule has 2 aromatic carbocycles. The Labute approximate surface area is 146 Å². The molecule has 0 saturated carbocycles. The lowest BCUT2D eigenvalue weighted by molar-refractivity contribution is -0.134. The van der Waals surface area contributed by atoms with E-state index in [-0.39, 0.29) is 12.5 Å². The minimum Gasteiger partial charge on any atom is -0.452 e. The van der Waals surface area contributed by atoms with Crippen LogP contribution in [0.2, 0.25) is 0 Å². The van der Waals surface area contributed by atoms with E-state index in [1.54, 1.807) is 25.2 Å². The minimum atomic E-state index is -0.537. The number of benzene rings is 2. The fourth-order valence-electron chi connectivity index (χ4n) is 2.63. The number of ether oxygens (including phenoxy) is 1. The molecule has 128 valence electrons. The first-order chi connectivity index (χ1) is 12.2. The van der Waals surface area contributed by atoms with E-state index in [1.807, 2.05) is 36.4 Å². The molecule has 0 bridgehead atoms. The van der Waals surface area contributed by atoms with Gasteiger partial charge in [0.1, 0.15) is 0 Å². The van der Waals surface area contributed by atoms with Gasteiger partial charge in [0.2, 0.25) is 0 Å². The van der Waals surface area contributed by atoms with E-state index in [9.17, 15) is 9.59 Å². The molecule has 6 nitrogen and oxygen atoms in total. The van der Waals surface area contributed by atoms with Crippen LogP contribution in [0.3, 0.4) is 0 Å². The quantitative estimate of drug-likeness (QED) is 0.851. The summed E-state index contributed by atoms with van der Waals surface area (Å²) in [5, 5.41) is 8.63. The van der Waals surface area contributed by atoms with E-state index in [4.69, 9.17) is 4.74 Å². The van der Waals surface area contributed by atoms with Crippen molar-refractivity contribution in [3.8, 4) is 0 Å². The predicted octanol–water partition coefficient (Wildman–Crippen LogP) is 2.52. The van der Waals surface area contributed by atoms with Crippen LogP contribution in [0.5, 0.6) is 0 Å². The van der Waals surface area contributed by atoms with Crippen molar-refractivity contribution in [1.29, 1.82) is 0 Å². The topological polar surface area (TPSA) is 71.0 Å². The summed E-state index contributed by atoms with van der Waals surface area (Å²) in [6.07, 6.45) is 0.687. The lowest BCUT2D eigenvalue weighted by Crippen LogP contribution is -2.28. The Morgan fingerprint density at radius 3 is 2.60 bits per heavy atom. The molecule has 6 heteroatoms. The first-order valence-electron chi connectivity index (χ1n) is 8.06. The molecule has 0 fully saturated rings. The Morgan fingerprint density at radius 1 is 1.12 bits per heavy atom. The van der Waals surface area contributed by atoms with Gasteiger partial charge in [-0.2, -0.15) is 5.10 Å². The normalized spacial score (nSPS) is 13.3. The largest absolute Gasteiger partial charge is 0.452 e. The van der Waals surface area contributed by atoms with Crippen molar-refractivity contribution >= 4 is 23.3 Å². The Morgan fingerprint density at radius 2 is 1.84 bits per heavy atom. The molecule has 1 heterocycles. The van der Waals surface area contributed by atoms with Crippen LogP contribution in [0.15, 0.2) is 59.7 Å². The summed E-state index contributed by atoms with van der Waals surface area (Å²) in [7, 11) is 1.72. The fourth-order valence-corrected chi connectivity index (χ4v) is 2.63. The molecule has 0 spiro atoms. The molecule has 1 aliphatic rings. The van der Waals surface area contributed by atoms with Crippen molar-refractivity contribution in [2.75, 3.05) is 25.5 Å². The smallest absolute Gasteiger partial charge is 0.340 e. The first-order valence-corrected chi connectivity index (χ1v) is 8.06. The highest BCUT2D eigenvalue weighted by Crippen LogP contribution is 2.16. The lowest BCUT2D eigenvalue weighted by atomic mass is 10.1. The van der Waals surface area contributed by atoms with Crippen molar-refractivity contribution in [3.63, 3.8) is 0 Å². The number of hydrazone groups is 1. The Balaban J connectivity index is 1.60. The highest BCUT2D eigenvalue weighted by Gasteiger charge is 2.23. The van der Waals surface area contributed by atoms with Crippen LogP contribution in [0.1, 0.15) is 22.3 Å². The van der Waals surface area contributed by atoms with E-state index < -0.39 is 5.97 Å². The second kappa shape index (κ2) is 7.61. The number of hydrogen-bond donors (Lipinski definition) is 1. The van der Waals surface area contributed by atoms with Crippen molar-refractivity contribution in [3.05, 3.63) is 65.7 Å². The number of esters is 1. The monoisotopic (exact) mass is 337 g/mol. The zero-order valence-corrected chi connectivity index (χ0v) is 13.9. The van der Waals surface area contributed by atoms with Gasteiger partial charge in [-0.3, -0.25) is 4.79 Å². The van der Waals surface area contributed by atoms with Crippen LogP contribution in [0.4, 0.5) is 5.69 Å². The number of hydrogen-bond acceptors (Lipinski definition) is 5. The highest BCUT2D eigenvalue weighted by atomic mass is 16.5. The van der Waals surface area contributed by atoms with Gasteiger partial charge in [-0.1, -0.05) is 42.5 Å². The summed E-state index contributed by atoms with van der Waals surface area (Å²) < 4.78 is 5.15. The molecule has 0 aromatic heterocycles. The zero-order valence-electron chi connectivity index (χ0n) is 13.9. The molecular formula is C19H19N3O3. The van der Waals surface area contributed by atoms with Crippen LogP contribution in [-0.4, -0.2) is 42.8 Å². The van der Waals surface area contributed by atoms with Gasteiger partial charge in [-0.05, 0) is 17.7 Å². The number of carbonyl (C=O) groups excluding carboxylic acids is 2. The summed E-state index contributed by atoms with van der Waals surface area (Å²) in [5.41, 5.74) is 2.91. The maximum Gasteiger partial charge on any atom is 0.340 e. The van der Waals surface area contributed by atoms with Crippen LogP contribution in [0, 0.1) is 0 Å². The third-order valence-electron chi connectivity index (χ3n) is 3.94. The van der Waals surface area contributed by atoms with Crippen LogP contribution in [0.25, 0.3) is 0 Å². The molecule has 0 aliphatic carbocycles. The average molecular weight is 337 g/mol. The number of para-hydroxylation sites is 1. The Hall–Kier alpha value is -3.15. The molecule has 1 amide bonds. The van der Waals surface area contributed by atoms with E-state index in [1.165, 1.54) is 5.01 Å². The summed E-state index contributed by atoms with van der Waals surface area (Å²) in [6, 6.07) is 16.7. The molecular weight excluding hydrogens is 318 g/mol.